The SMILES string of the molecule is COC(=O)[C@H]1C(=O)C2=C(C[C@H]1C)Nc1ccccc1N[C@H]2c1ccc(OC)c(O)c1. The fraction of sp³-hybridized carbons (Fsp3) is 0.304. The first kappa shape index (κ1) is 19.8. The third-order valence-electron chi connectivity index (χ3n) is 5.76. The molecule has 30 heavy (non-hydrogen) atoms. The number of ether oxygens (including phenoxy) is 2. The number of allylic oxidation sites excluding steroid dienone is 1. The van der Waals surface area contributed by atoms with E-state index in [0.29, 0.717) is 23.3 Å². The van der Waals surface area contributed by atoms with Crippen LogP contribution < -0.4 is 15.4 Å². The summed E-state index contributed by atoms with van der Waals surface area (Å²) < 4.78 is 10.1. The van der Waals surface area contributed by atoms with Crippen LogP contribution in [0.3, 0.4) is 0 Å². The standard InChI is InChI=1S/C23H24N2O5/c1-12-10-16-20(22(27)19(12)23(28)30-3)21(13-8-9-18(29-2)17(26)11-13)25-15-7-5-4-6-14(15)24-16/h4-9,11-12,19,21,24-26H,10H2,1-3H3/t12-,19-,21+/m1/s1. The number of Topliss-reactive ketones (excluding diaryl/α,β-unsaturated/α-hetero) is 1. The molecule has 2 aliphatic rings. The van der Waals surface area contributed by atoms with Gasteiger partial charge in [0.1, 0.15) is 5.92 Å². The zero-order chi connectivity index (χ0) is 21.4. The quantitative estimate of drug-likeness (QED) is 0.527. The molecule has 7 heteroatoms. The minimum Gasteiger partial charge on any atom is -0.504 e. The summed E-state index contributed by atoms with van der Waals surface area (Å²) in [6, 6.07) is 12.2. The molecular weight excluding hydrogens is 384 g/mol. The van der Waals surface area contributed by atoms with Crippen molar-refractivity contribution < 1.29 is 24.2 Å². The van der Waals surface area contributed by atoms with E-state index in [-0.39, 0.29) is 17.5 Å². The van der Waals surface area contributed by atoms with Crippen LogP contribution in [-0.4, -0.2) is 31.1 Å². The van der Waals surface area contributed by atoms with Gasteiger partial charge in [0, 0.05) is 11.3 Å². The van der Waals surface area contributed by atoms with Crippen LogP contribution in [0.5, 0.6) is 11.5 Å². The van der Waals surface area contributed by atoms with Crippen molar-refractivity contribution in [2.24, 2.45) is 11.8 Å². The predicted octanol–water partition coefficient (Wildman–Crippen LogP) is 3.63. The number of phenols is 1. The van der Waals surface area contributed by atoms with Gasteiger partial charge in [0.25, 0.3) is 0 Å². The largest absolute Gasteiger partial charge is 0.504 e. The first-order valence-corrected chi connectivity index (χ1v) is 9.79. The topological polar surface area (TPSA) is 96.9 Å². The summed E-state index contributed by atoms with van der Waals surface area (Å²) >= 11 is 0. The number of esters is 1. The Bertz CT molecular complexity index is 1050. The van der Waals surface area contributed by atoms with Crippen molar-refractivity contribution in [1.29, 1.82) is 0 Å². The normalized spacial score (nSPS) is 22.8. The highest BCUT2D eigenvalue weighted by atomic mass is 16.5. The molecule has 3 atom stereocenters. The lowest BCUT2D eigenvalue weighted by Crippen LogP contribution is -2.39. The number of methoxy groups -OCH3 is 2. The summed E-state index contributed by atoms with van der Waals surface area (Å²) in [7, 11) is 2.77. The van der Waals surface area contributed by atoms with Crippen molar-refractivity contribution >= 4 is 23.1 Å². The van der Waals surface area contributed by atoms with Crippen molar-refractivity contribution in [2.45, 2.75) is 19.4 Å². The van der Waals surface area contributed by atoms with Gasteiger partial charge in [-0.05, 0) is 42.2 Å². The highest BCUT2D eigenvalue weighted by Crippen LogP contribution is 2.44. The lowest BCUT2D eigenvalue weighted by Gasteiger charge is -2.32. The smallest absolute Gasteiger partial charge is 0.316 e. The number of aromatic hydroxyl groups is 1. The lowest BCUT2D eigenvalue weighted by atomic mass is 9.75. The number of fused-ring (bicyclic) bond motifs is 1. The summed E-state index contributed by atoms with van der Waals surface area (Å²) in [6.07, 6.45) is 0.523. The van der Waals surface area contributed by atoms with Gasteiger partial charge in [0.2, 0.25) is 0 Å². The van der Waals surface area contributed by atoms with E-state index in [2.05, 4.69) is 10.6 Å². The second-order valence-corrected chi connectivity index (χ2v) is 7.62. The van der Waals surface area contributed by atoms with Crippen LogP contribution in [0.2, 0.25) is 0 Å². The third kappa shape index (κ3) is 3.26. The van der Waals surface area contributed by atoms with Crippen LogP contribution in [0.15, 0.2) is 53.7 Å². The zero-order valence-electron chi connectivity index (χ0n) is 17.1. The number of carbonyl (C=O) groups is 2. The lowest BCUT2D eigenvalue weighted by molar-refractivity contribution is -0.151. The van der Waals surface area contributed by atoms with Crippen LogP contribution in [0.25, 0.3) is 0 Å². The molecule has 7 nitrogen and oxygen atoms in total. The number of nitrogens with one attached hydrogen (secondary N) is 2. The van der Waals surface area contributed by atoms with Gasteiger partial charge in [-0.3, -0.25) is 9.59 Å². The molecule has 0 amide bonds. The zero-order valence-corrected chi connectivity index (χ0v) is 17.1. The number of hydrogen-bond donors (Lipinski definition) is 3. The number of benzene rings is 2. The van der Waals surface area contributed by atoms with E-state index in [1.54, 1.807) is 18.2 Å². The predicted molar refractivity (Wildman–Crippen MR) is 112 cm³/mol. The summed E-state index contributed by atoms with van der Waals surface area (Å²) in [5.41, 5.74) is 3.60. The molecule has 1 aliphatic carbocycles. The highest BCUT2D eigenvalue weighted by molar-refractivity contribution is 6.11. The summed E-state index contributed by atoms with van der Waals surface area (Å²) in [4.78, 5) is 25.9. The first-order valence-electron chi connectivity index (χ1n) is 9.79. The van der Waals surface area contributed by atoms with Crippen LogP contribution in [0, 0.1) is 11.8 Å². The minimum atomic E-state index is -0.868. The maximum atomic E-state index is 13.5. The number of para-hydroxylation sites is 2. The Kier molecular flexibility index (Phi) is 5.11. The molecule has 0 spiro atoms. The van der Waals surface area contributed by atoms with Crippen LogP contribution in [0.4, 0.5) is 11.4 Å². The molecule has 156 valence electrons. The maximum absolute atomic E-state index is 13.5. The molecular formula is C23H24N2O5. The van der Waals surface area contributed by atoms with Gasteiger partial charge in [-0.1, -0.05) is 25.1 Å². The molecule has 0 fully saturated rings. The van der Waals surface area contributed by atoms with Crippen molar-refractivity contribution in [3.8, 4) is 11.5 Å². The molecule has 1 heterocycles. The summed E-state index contributed by atoms with van der Waals surface area (Å²) in [5, 5.41) is 17.1. The Hall–Kier alpha value is -3.48. The number of anilines is 2. The van der Waals surface area contributed by atoms with Gasteiger partial charge in [-0.15, -0.1) is 0 Å². The van der Waals surface area contributed by atoms with E-state index in [0.717, 1.165) is 17.1 Å². The molecule has 0 aromatic heterocycles. The van der Waals surface area contributed by atoms with Crippen molar-refractivity contribution in [3.63, 3.8) is 0 Å². The summed E-state index contributed by atoms with van der Waals surface area (Å²) in [5.74, 6) is -1.55. The van der Waals surface area contributed by atoms with Gasteiger partial charge in [-0.25, -0.2) is 0 Å². The molecule has 0 radical (unpaired) electrons. The van der Waals surface area contributed by atoms with E-state index < -0.39 is 17.9 Å². The fourth-order valence-corrected chi connectivity index (χ4v) is 4.27. The minimum absolute atomic E-state index is 0.0226. The van der Waals surface area contributed by atoms with Gasteiger partial charge in [-0.2, -0.15) is 0 Å². The molecule has 0 bridgehead atoms. The number of hydrogen-bond acceptors (Lipinski definition) is 7. The maximum Gasteiger partial charge on any atom is 0.316 e. The second-order valence-electron chi connectivity index (χ2n) is 7.62. The number of ketones is 1. The average molecular weight is 408 g/mol. The number of rotatable bonds is 3. The monoisotopic (exact) mass is 408 g/mol. The van der Waals surface area contributed by atoms with E-state index in [4.69, 9.17) is 9.47 Å². The van der Waals surface area contributed by atoms with Crippen LogP contribution >= 0.6 is 0 Å². The van der Waals surface area contributed by atoms with Crippen molar-refractivity contribution in [1.82, 2.24) is 0 Å². The van der Waals surface area contributed by atoms with Crippen LogP contribution in [-0.2, 0) is 14.3 Å². The average Bonchev–Trinajstić information content (AvgIpc) is 2.90. The Morgan fingerprint density at radius 3 is 2.53 bits per heavy atom. The summed E-state index contributed by atoms with van der Waals surface area (Å²) in [6.45, 7) is 1.88. The fourth-order valence-electron chi connectivity index (χ4n) is 4.27. The molecule has 2 aromatic carbocycles. The van der Waals surface area contributed by atoms with Gasteiger partial charge >= 0.3 is 5.97 Å². The Morgan fingerprint density at radius 2 is 1.87 bits per heavy atom. The van der Waals surface area contributed by atoms with E-state index in [9.17, 15) is 14.7 Å². The molecule has 2 aromatic rings. The van der Waals surface area contributed by atoms with E-state index in [1.807, 2.05) is 31.2 Å². The Balaban J connectivity index is 1.87. The second kappa shape index (κ2) is 7.74. The van der Waals surface area contributed by atoms with E-state index in [1.165, 1.54) is 14.2 Å². The van der Waals surface area contributed by atoms with Crippen molar-refractivity contribution in [3.05, 3.63) is 59.3 Å². The number of phenolic OH excluding ortho intramolecular Hbond substituents is 1. The Labute approximate surface area is 174 Å². The van der Waals surface area contributed by atoms with Crippen molar-refractivity contribution in [2.75, 3.05) is 24.9 Å². The van der Waals surface area contributed by atoms with Crippen LogP contribution in [0.1, 0.15) is 24.9 Å². The third-order valence-corrected chi connectivity index (χ3v) is 5.76. The van der Waals surface area contributed by atoms with E-state index >= 15 is 0 Å². The molecule has 1 aliphatic heterocycles. The Morgan fingerprint density at radius 1 is 1.13 bits per heavy atom. The molecule has 0 saturated heterocycles. The first-order chi connectivity index (χ1) is 14.4. The number of carbonyl (C=O) groups excluding carboxylic acids is 2. The molecule has 0 saturated carbocycles. The van der Waals surface area contributed by atoms with Gasteiger partial charge < -0.3 is 25.2 Å². The highest BCUT2D eigenvalue weighted by Gasteiger charge is 2.44. The van der Waals surface area contributed by atoms with Gasteiger partial charge in [0.15, 0.2) is 17.3 Å². The molecule has 0 unspecified atom stereocenters. The van der Waals surface area contributed by atoms with Gasteiger partial charge in [0.05, 0.1) is 31.6 Å². The molecule has 4 rings (SSSR count). The molecule has 3 N–H and O–H groups in total.